The zero-order chi connectivity index (χ0) is 19.6. The van der Waals surface area contributed by atoms with Gasteiger partial charge in [0.15, 0.2) is 0 Å². The van der Waals surface area contributed by atoms with Crippen molar-refractivity contribution in [3.63, 3.8) is 0 Å². The first-order valence-electron chi connectivity index (χ1n) is 9.40. The minimum Gasteiger partial charge on any atom is -0.337 e. The molecule has 1 atom stereocenters. The van der Waals surface area contributed by atoms with Crippen LogP contribution in [0.1, 0.15) is 35.8 Å². The number of benzene rings is 2. The number of amides is 2. The summed E-state index contributed by atoms with van der Waals surface area (Å²) in [5.74, 6) is 0.296. The van der Waals surface area contributed by atoms with E-state index in [0.29, 0.717) is 17.9 Å². The molecule has 0 saturated heterocycles. The Morgan fingerprint density at radius 3 is 2.64 bits per heavy atom. The second-order valence-electron chi connectivity index (χ2n) is 7.36. The quantitative estimate of drug-likeness (QED) is 0.687. The standard InChI is InChI=1S/C22H23FN4O/c1-27-13-12-24-20(27)19(16-6-5-9-18(23)14-16)26-21(28)25-15-22(10-11-22)17-7-3-2-4-8-17/h2-9,12-14,19H,10-11,15H2,1H3,(H2,25,26,28)/t19-/m0/s1. The van der Waals surface area contributed by atoms with Crippen LogP contribution in [0, 0.1) is 5.82 Å². The third-order valence-corrected chi connectivity index (χ3v) is 5.40. The Morgan fingerprint density at radius 1 is 1.21 bits per heavy atom. The molecule has 0 spiro atoms. The van der Waals surface area contributed by atoms with Crippen LogP contribution < -0.4 is 10.6 Å². The second-order valence-corrected chi connectivity index (χ2v) is 7.36. The molecule has 1 aliphatic carbocycles. The number of rotatable bonds is 6. The molecular weight excluding hydrogens is 355 g/mol. The lowest BCUT2D eigenvalue weighted by molar-refractivity contribution is 0.237. The first-order chi connectivity index (χ1) is 13.6. The number of nitrogens with zero attached hydrogens (tertiary/aromatic N) is 2. The molecule has 2 amide bonds. The first kappa shape index (κ1) is 18.2. The molecule has 1 fully saturated rings. The number of urea groups is 1. The molecule has 0 bridgehead atoms. The van der Waals surface area contributed by atoms with Gasteiger partial charge in [-0.1, -0.05) is 42.5 Å². The summed E-state index contributed by atoms with van der Waals surface area (Å²) in [4.78, 5) is 17.0. The maximum Gasteiger partial charge on any atom is 0.315 e. The smallest absolute Gasteiger partial charge is 0.315 e. The summed E-state index contributed by atoms with van der Waals surface area (Å²) >= 11 is 0. The van der Waals surface area contributed by atoms with Crippen LogP contribution in [-0.2, 0) is 12.5 Å². The number of hydrogen-bond acceptors (Lipinski definition) is 2. The van der Waals surface area contributed by atoms with Gasteiger partial charge in [-0.3, -0.25) is 0 Å². The minimum atomic E-state index is -0.539. The van der Waals surface area contributed by atoms with Gasteiger partial charge in [-0.15, -0.1) is 0 Å². The molecule has 3 aromatic rings. The summed E-state index contributed by atoms with van der Waals surface area (Å²) < 4.78 is 15.6. The van der Waals surface area contributed by atoms with Crippen molar-refractivity contribution in [1.29, 1.82) is 0 Å². The zero-order valence-corrected chi connectivity index (χ0v) is 15.7. The summed E-state index contributed by atoms with van der Waals surface area (Å²) in [7, 11) is 1.85. The molecule has 0 aliphatic heterocycles. The van der Waals surface area contributed by atoms with Crippen molar-refractivity contribution in [1.82, 2.24) is 20.2 Å². The van der Waals surface area contributed by atoms with E-state index in [1.807, 2.05) is 29.8 Å². The van der Waals surface area contributed by atoms with E-state index in [1.54, 1.807) is 24.5 Å². The van der Waals surface area contributed by atoms with Crippen molar-refractivity contribution in [3.05, 3.63) is 89.8 Å². The van der Waals surface area contributed by atoms with E-state index in [-0.39, 0.29) is 17.3 Å². The van der Waals surface area contributed by atoms with E-state index in [0.717, 1.165) is 12.8 Å². The molecule has 5 nitrogen and oxygen atoms in total. The number of nitrogens with one attached hydrogen (secondary N) is 2. The number of halogens is 1. The summed E-state index contributed by atoms with van der Waals surface area (Å²) in [6, 6.07) is 15.7. The lowest BCUT2D eigenvalue weighted by Crippen LogP contribution is -2.42. The molecule has 4 rings (SSSR count). The van der Waals surface area contributed by atoms with Crippen LogP contribution in [0.3, 0.4) is 0 Å². The van der Waals surface area contributed by atoms with Gasteiger partial charge in [-0.2, -0.15) is 0 Å². The van der Waals surface area contributed by atoms with Gasteiger partial charge in [0, 0.05) is 31.4 Å². The number of aromatic nitrogens is 2. The summed E-state index contributed by atoms with van der Waals surface area (Å²) in [6.45, 7) is 0.569. The fraction of sp³-hybridized carbons (Fsp3) is 0.273. The topological polar surface area (TPSA) is 59.0 Å². The minimum absolute atomic E-state index is 0.0240. The average molecular weight is 378 g/mol. The van der Waals surface area contributed by atoms with Crippen LogP contribution in [0.15, 0.2) is 67.0 Å². The van der Waals surface area contributed by atoms with Crippen molar-refractivity contribution >= 4 is 6.03 Å². The van der Waals surface area contributed by atoms with E-state index in [4.69, 9.17) is 0 Å². The van der Waals surface area contributed by atoms with E-state index < -0.39 is 6.04 Å². The SMILES string of the molecule is Cn1ccnc1[C@@H](NC(=O)NCC1(c2ccccc2)CC1)c1cccc(F)c1. The van der Waals surface area contributed by atoms with Crippen LogP contribution in [0.25, 0.3) is 0 Å². The van der Waals surface area contributed by atoms with Crippen molar-refractivity contribution in [2.75, 3.05) is 6.54 Å². The van der Waals surface area contributed by atoms with Crippen LogP contribution in [-0.4, -0.2) is 22.1 Å². The predicted octanol–water partition coefficient (Wildman–Crippen LogP) is 3.68. The van der Waals surface area contributed by atoms with E-state index in [1.165, 1.54) is 17.7 Å². The average Bonchev–Trinajstić information content (AvgIpc) is 3.39. The lowest BCUT2D eigenvalue weighted by Gasteiger charge is -2.21. The Labute approximate surface area is 163 Å². The fourth-order valence-electron chi connectivity index (χ4n) is 3.58. The Kier molecular flexibility index (Phi) is 4.86. The van der Waals surface area contributed by atoms with Gasteiger partial charge in [-0.25, -0.2) is 14.2 Å². The van der Waals surface area contributed by atoms with Gasteiger partial charge in [0.25, 0.3) is 0 Å². The summed E-state index contributed by atoms with van der Waals surface area (Å²) in [6.07, 6.45) is 5.58. The number of imidazole rings is 1. The Balaban J connectivity index is 1.48. The van der Waals surface area contributed by atoms with Crippen molar-refractivity contribution < 1.29 is 9.18 Å². The van der Waals surface area contributed by atoms with Crippen molar-refractivity contribution in [2.45, 2.75) is 24.3 Å². The Morgan fingerprint density at radius 2 is 2.00 bits per heavy atom. The second kappa shape index (κ2) is 7.46. The normalized spacial score (nSPS) is 15.6. The molecule has 0 unspecified atom stereocenters. The first-order valence-corrected chi connectivity index (χ1v) is 9.40. The molecule has 1 aliphatic rings. The molecule has 1 saturated carbocycles. The van der Waals surface area contributed by atoms with Crippen LogP contribution in [0.4, 0.5) is 9.18 Å². The van der Waals surface area contributed by atoms with Gasteiger partial charge in [-0.05, 0) is 36.1 Å². The molecule has 6 heteroatoms. The van der Waals surface area contributed by atoms with Crippen LogP contribution in [0.2, 0.25) is 0 Å². The fourth-order valence-corrected chi connectivity index (χ4v) is 3.58. The molecule has 144 valence electrons. The number of carbonyl (C=O) groups is 1. The predicted molar refractivity (Wildman–Crippen MR) is 105 cm³/mol. The van der Waals surface area contributed by atoms with Gasteiger partial charge >= 0.3 is 6.03 Å². The third-order valence-electron chi connectivity index (χ3n) is 5.40. The zero-order valence-electron chi connectivity index (χ0n) is 15.7. The highest BCUT2D eigenvalue weighted by molar-refractivity contribution is 5.75. The maximum absolute atomic E-state index is 13.8. The van der Waals surface area contributed by atoms with Crippen molar-refractivity contribution in [2.24, 2.45) is 7.05 Å². The largest absolute Gasteiger partial charge is 0.337 e. The third kappa shape index (κ3) is 3.76. The molecule has 0 radical (unpaired) electrons. The Hall–Kier alpha value is -3.15. The monoisotopic (exact) mass is 378 g/mol. The molecule has 1 aromatic heterocycles. The number of hydrogen-bond donors (Lipinski definition) is 2. The van der Waals surface area contributed by atoms with E-state index in [9.17, 15) is 9.18 Å². The van der Waals surface area contributed by atoms with E-state index in [2.05, 4.69) is 27.8 Å². The molecule has 1 heterocycles. The molecular formula is C22H23FN4O. The van der Waals surface area contributed by atoms with Crippen molar-refractivity contribution in [3.8, 4) is 0 Å². The van der Waals surface area contributed by atoms with Crippen LogP contribution in [0.5, 0.6) is 0 Å². The Bertz CT molecular complexity index is 965. The number of aryl methyl sites for hydroxylation is 1. The van der Waals surface area contributed by atoms with Gasteiger partial charge < -0.3 is 15.2 Å². The lowest BCUT2D eigenvalue weighted by atomic mass is 9.96. The highest BCUT2D eigenvalue weighted by Gasteiger charge is 2.44. The van der Waals surface area contributed by atoms with Gasteiger partial charge in [0.05, 0.1) is 0 Å². The summed E-state index contributed by atoms with van der Waals surface area (Å²) in [5, 5.41) is 5.95. The molecule has 2 aromatic carbocycles. The van der Waals surface area contributed by atoms with Gasteiger partial charge in [0.2, 0.25) is 0 Å². The van der Waals surface area contributed by atoms with Gasteiger partial charge in [0.1, 0.15) is 17.7 Å². The van der Waals surface area contributed by atoms with Crippen LogP contribution >= 0.6 is 0 Å². The summed E-state index contributed by atoms with van der Waals surface area (Å²) in [5.41, 5.74) is 1.92. The highest BCUT2D eigenvalue weighted by atomic mass is 19.1. The van der Waals surface area contributed by atoms with E-state index >= 15 is 0 Å². The highest BCUT2D eigenvalue weighted by Crippen LogP contribution is 2.47. The number of carbonyl (C=O) groups excluding carboxylic acids is 1. The maximum atomic E-state index is 13.8. The molecule has 2 N–H and O–H groups in total. The molecule has 28 heavy (non-hydrogen) atoms.